The number of nitrogens with zero attached hydrogens (tertiary/aromatic N) is 1. The predicted octanol–water partition coefficient (Wildman–Crippen LogP) is 3.95. The fraction of sp³-hybridized carbons (Fsp3) is 0.571. The molecule has 0 spiro atoms. The van der Waals surface area contributed by atoms with Crippen LogP contribution in [-0.4, -0.2) is 11.0 Å². The van der Waals surface area contributed by atoms with Crippen LogP contribution in [0.1, 0.15) is 46.0 Å². The Morgan fingerprint density at radius 1 is 1.37 bits per heavy atom. The Morgan fingerprint density at radius 3 is 2.74 bits per heavy atom. The fourth-order valence-corrected chi connectivity index (χ4v) is 2.10. The van der Waals surface area contributed by atoms with Crippen molar-refractivity contribution in [1.29, 1.82) is 0 Å². The molecule has 0 saturated carbocycles. The Hall–Kier alpha value is -1.78. The average molecular weight is 265 g/mol. The van der Waals surface area contributed by atoms with Gasteiger partial charge in [0.2, 0.25) is 0 Å². The number of nitrogens with one attached hydrogen (secondary N) is 1. The largest absolute Gasteiger partial charge is 0.393 e. The van der Waals surface area contributed by atoms with Crippen molar-refractivity contribution >= 4 is 17.1 Å². The molecule has 106 valence electrons. The number of nitro benzene ring substituents is 1. The molecule has 1 unspecified atom stereocenters. The molecule has 1 atom stereocenters. The fourth-order valence-electron chi connectivity index (χ4n) is 2.10. The highest BCUT2D eigenvalue weighted by molar-refractivity contribution is 5.74. The van der Waals surface area contributed by atoms with Gasteiger partial charge in [-0.05, 0) is 25.5 Å². The summed E-state index contributed by atoms with van der Waals surface area (Å²) in [7, 11) is 0. The van der Waals surface area contributed by atoms with Crippen molar-refractivity contribution in [3.63, 3.8) is 0 Å². The zero-order valence-electron chi connectivity index (χ0n) is 11.7. The number of nitrogen functional groups attached to an aromatic ring is 1. The molecule has 3 N–H and O–H groups in total. The van der Waals surface area contributed by atoms with E-state index in [1.807, 2.05) is 6.92 Å². The summed E-state index contributed by atoms with van der Waals surface area (Å²) in [6, 6.07) is 5.19. The Morgan fingerprint density at radius 2 is 2.11 bits per heavy atom. The third-order valence-corrected chi connectivity index (χ3v) is 3.14. The van der Waals surface area contributed by atoms with E-state index in [0.717, 1.165) is 12.8 Å². The number of benzene rings is 1. The predicted molar refractivity (Wildman–Crippen MR) is 79.4 cm³/mol. The van der Waals surface area contributed by atoms with Crippen LogP contribution in [0.3, 0.4) is 0 Å². The van der Waals surface area contributed by atoms with Crippen molar-refractivity contribution < 1.29 is 4.92 Å². The number of hydrogen-bond donors (Lipinski definition) is 2. The molecular formula is C14H23N3O2. The monoisotopic (exact) mass is 265 g/mol. The summed E-state index contributed by atoms with van der Waals surface area (Å²) < 4.78 is 0. The SMILES string of the molecule is CCCCCCC(C)Nc1cccc(N)c1[N+](=O)[O-]. The second-order valence-corrected chi connectivity index (χ2v) is 4.90. The molecule has 0 aliphatic heterocycles. The van der Waals surface area contributed by atoms with Crippen molar-refractivity contribution in [2.45, 2.75) is 52.0 Å². The van der Waals surface area contributed by atoms with Crippen LogP contribution in [0.2, 0.25) is 0 Å². The van der Waals surface area contributed by atoms with Crippen LogP contribution >= 0.6 is 0 Å². The van der Waals surface area contributed by atoms with Crippen LogP contribution in [0.25, 0.3) is 0 Å². The highest BCUT2D eigenvalue weighted by Gasteiger charge is 2.18. The lowest BCUT2D eigenvalue weighted by Gasteiger charge is -2.15. The number of rotatable bonds is 8. The summed E-state index contributed by atoms with van der Waals surface area (Å²) in [6.45, 7) is 4.22. The molecule has 0 saturated heterocycles. The van der Waals surface area contributed by atoms with Gasteiger partial charge in [0, 0.05) is 6.04 Å². The summed E-state index contributed by atoms with van der Waals surface area (Å²) in [4.78, 5) is 10.6. The minimum atomic E-state index is -0.429. The zero-order chi connectivity index (χ0) is 14.3. The topological polar surface area (TPSA) is 81.2 Å². The molecule has 0 aliphatic carbocycles. The molecule has 1 aromatic rings. The summed E-state index contributed by atoms with van der Waals surface area (Å²) in [5.74, 6) is 0. The number of para-hydroxylation sites is 1. The van der Waals surface area contributed by atoms with Gasteiger partial charge in [-0.3, -0.25) is 10.1 Å². The van der Waals surface area contributed by atoms with E-state index >= 15 is 0 Å². The molecular weight excluding hydrogens is 242 g/mol. The maximum Gasteiger partial charge on any atom is 0.314 e. The lowest BCUT2D eigenvalue weighted by molar-refractivity contribution is -0.383. The van der Waals surface area contributed by atoms with Gasteiger partial charge in [0.05, 0.1) is 4.92 Å². The number of anilines is 2. The summed E-state index contributed by atoms with van der Waals surface area (Å²) in [6.07, 6.45) is 5.80. The molecule has 1 aromatic carbocycles. The normalized spacial score (nSPS) is 12.1. The number of unbranched alkanes of at least 4 members (excludes halogenated alkanes) is 3. The third-order valence-electron chi connectivity index (χ3n) is 3.14. The van der Waals surface area contributed by atoms with E-state index in [-0.39, 0.29) is 17.4 Å². The van der Waals surface area contributed by atoms with Gasteiger partial charge in [-0.15, -0.1) is 0 Å². The molecule has 0 aliphatic rings. The molecule has 19 heavy (non-hydrogen) atoms. The van der Waals surface area contributed by atoms with Gasteiger partial charge >= 0.3 is 5.69 Å². The van der Waals surface area contributed by atoms with E-state index in [1.54, 1.807) is 18.2 Å². The highest BCUT2D eigenvalue weighted by Crippen LogP contribution is 2.31. The number of hydrogen-bond acceptors (Lipinski definition) is 4. The minimum Gasteiger partial charge on any atom is -0.393 e. The van der Waals surface area contributed by atoms with Gasteiger partial charge in [0.25, 0.3) is 0 Å². The minimum absolute atomic E-state index is 0.0251. The number of nitro groups is 1. The second-order valence-electron chi connectivity index (χ2n) is 4.90. The molecule has 0 radical (unpaired) electrons. The van der Waals surface area contributed by atoms with E-state index in [9.17, 15) is 10.1 Å². The molecule has 0 amide bonds. The Kier molecular flexibility index (Phi) is 6.12. The van der Waals surface area contributed by atoms with Gasteiger partial charge in [-0.25, -0.2) is 0 Å². The van der Waals surface area contributed by atoms with Gasteiger partial charge in [0.1, 0.15) is 11.4 Å². The zero-order valence-corrected chi connectivity index (χ0v) is 11.7. The molecule has 0 aromatic heterocycles. The summed E-state index contributed by atoms with van der Waals surface area (Å²) in [5.41, 5.74) is 6.34. The Labute approximate surface area is 114 Å². The second kappa shape index (κ2) is 7.61. The van der Waals surface area contributed by atoms with Crippen molar-refractivity contribution in [1.82, 2.24) is 0 Å². The van der Waals surface area contributed by atoms with Crippen LogP contribution in [0.5, 0.6) is 0 Å². The molecule has 1 rings (SSSR count). The van der Waals surface area contributed by atoms with E-state index in [2.05, 4.69) is 12.2 Å². The van der Waals surface area contributed by atoms with Crippen LogP contribution in [-0.2, 0) is 0 Å². The molecule has 0 heterocycles. The first-order chi connectivity index (χ1) is 9.06. The molecule has 5 nitrogen and oxygen atoms in total. The van der Waals surface area contributed by atoms with E-state index < -0.39 is 4.92 Å². The summed E-state index contributed by atoms with van der Waals surface area (Å²) in [5, 5.41) is 14.2. The molecule has 0 fully saturated rings. The Balaban J connectivity index is 2.61. The van der Waals surface area contributed by atoms with E-state index in [1.165, 1.54) is 19.3 Å². The first-order valence-electron chi connectivity index (χ1n) is 6.85. The van der Waals surface area contributed by atoms with Gasteiger partial charge in [-0.1, -0.05) is 38.7 Å². The van der Waals surface area contributed by atoms with Gasteiger partial charge in [-0.2, -0.15) is 0 Å². The van der Waals surface area contributed by atoms with Crippen LogP contribution < -0.4 is 11.1 Å². The number of nitrogens with two attached hydrogens (primary N) is 1. The van der Waals surface area contributed by atoms with Crippen molar-refractivity contribution in [3.8, 4) is 0 Å². The highest BCUT2D eigenvalue weighted by atomic mass is 16.6. The van der Waals surface area contributed by atoms with Crippen molar-refractivity contribution in [2.24, 2.45) is 0 Å². The van der Waals surface area contributed by atoms with Crippen molar-refractivity contribution in [2.75, 3.05) is 11.1 Å². The lowest BCUT2D eigenvalue weighted by Crippen LogP contribution is -2.16. The maximum atomic E-state index is 11.0. The lowest BCUT2D eigenvalue weighted by atomic mass is 10.1. The van der Waals surface area contributed by atoms with Crippen LogP contribution in [0.15, 0.2) is 18.2 Å². The Bertz CT molecular complexity index is 421. The van der Waals surface area contributed by atoms with E-state index in [0.29, 0.717) is 5.69 Å². The van der Waals surface area contributed by atoms with Crippen LogP contribution in [0.4, 0.5) is 17.1 Å². The molecule has 0 bridgehead atoms. The average Bonchev–Trinajstić information content (AvgIpc) is 2.34. The van der Waals surface area contributed by atoms with Gasteiger partial charge in [0.15, 0.2) is 0 Å². The van der Waals surface area contributed by atoms with Crippen molar-refractivity contribution in [3.05, 3.63) is 28.3 Å². The van der Waals surface area contributed by atoms with Gasteiger partial charge < -0.3 is 11.1 Å². The standard InChI is InChI=1S/C14H23N3O2/c1-3-4-5-6-8-11(2)16-13-10-7-9-12(15)14(13)17(18)19/h7,9-11,16H,3-6,8,15H2,1-2H3. The third kappa shape index (κ3) is 4.77. The van der Waals surface area contributed by atoms with Crippen LogP contribution in [0, 0.1) is 10.1 Å². The summed E-state index contributed by atoms with van der Waals surface area (Å²) >= 11 is 0. The first kappa shape index (κ1) is 15.3. The smallest absolute Gasteiger partial charge is 0.314 e. The maximum absolute atomic E-state index is 11.0. The quantitative estimate of drug-likeness (QED) is 0.323. The molecule has 5 heteroatoms. The first-order valence-corrected chi connectivity index (χ1v) is 6.85. The van der Waals surface area contributed by atoms with E-state index in [4.69, 9.17) is 5.73 Å².